The van der Waals surface area contributed by atoms with Crippen molar-refractivity contribution in [1.29, 1.82) is 0 Å². The summed E-state index contributed by atoms with van der Waals surface area (Å²) >= 11 is 7.81. The van der Waals surface area contributed by atoms with Gasteiger partial charge in [0.1, 0.15) is 0 Å². The SMILES string of the molecule is CC(Nc1cc2c(cc1Cl)OCO2)c1cncs1. The second kappa shape index (κ2) is 4.66. The molecule has 1 N–H and O–H groups in total. The number of fused-ring (bicyclic) bond motifs is 1. The van der Waals surface area contributed by atoms with E-state index in [1.54, 1.807) is 17.4 Å². The second-order valence-electron chi connectivity index (χ2n) is 3.96. The third-order valence-electron chi connectivity index (χ3n) is 2.71. The molecular formula is C12H11ClN2O2S. The van der Waals surface area contributed by atoms with Gasteiger partial charge in [0.15, 0.2) is 11.5 Å². The maximum Gasteiger partial charge on any atom is 0.231 e. The third kappa shape index (κ3) is 2.11. The van der Waals surface area contributed by atoms with Crippen molar-refractivity contribution in [3.63, 3.8) is 0 Å². The van der Waals surface area contributed by atoms with E-state index in [-0.39, 0.29) is 12.8 Å². The molecule has 0 radical (unpaired) electrons. The van der Waals surface area contributed by atoms with Crippen LogP contribution in [0.25, 0.3) is 0 Å². The van der Waals surface area contributed by atoms with Crippen molar-refractivity contribution in [2.24, 2.45) is 0 Å². The van der Waals surface area contributed by atoms with E-state index in [4.69, 9.17) is 21.1 Å². The van der Waals surface area contributed by atoms with E-state index in [0.717, 1.165) is 16.3 Å². The van der Waals surface area contributed by atoms with Crippen LogP contribution < -0.4 is 14.8 Å². The number of aromatic nitrogens is 1. The van der Waals surface area contributed by atoms with Crippen molar-refractivity contribution < 1.29 is 9.47 Å². The largest absolute Gasteiger partial charge is 0.454 e. The first-order chi connectivity index (χ1) is 8.74. The molecule has 0 aliphatic carbocycles. The minimum Gasteiger partial charge on any atom is -0.454 e. The lowest BCUT2D eigenvalue weighted by Gasteiger charge is -2.15. The highest BCUT2D eigenvalue weighted by Crippen LogP contribution is 2.40. The maximum absolute atomic E-state index is 6.20. The molecule has 0 saturated carbocycles. The molecule has 6 heteroatoms. The van der Waals surface area contributed by atoms with E-state index in [2.05, 4.69) is 17.2 Å². The highest BCUT2D eigenvalue weighted by atomic mass is 35.5. The standard InChI is InChI=1S/C12H11ClN2O2S/c1-7(12-4-14-5-18-12)15-9-3-11-10(2-8(9)13)16-6-17-11/h2-5,7,15H,6H2,1H3. The van der Waals surface area contributed by atoms with Gasteiger partial charge < -0.3 is 14.8 Å². The van der Waals surface area contributed by atoms with Gasteiger partial charge in [-0.05, 0) is 6.92 Å². The predicted octanol–water partition coefficient (Wildman–Crippen LogP) is 3.70. The molecular weight excluding hydrogens is 272 g/mol. The molecule has 2 aromatic rings. The molecule has 1 unspecified atom stereocenters. The van der Waals surface area contributed by atoms with Gasteiger partial charge >= 0.3 is 0 Å². The average Bonchev–Trinajstić information content (AvgIpc) is 2.98. The Morgan fingerprint density at radius 1 is 1.39 bits per heavy atom. The van der Waals surface area contributed by atoms with Crippen LogP contribution in [0.4, 0.5) is 5.69 Å². The molecule has 0 amide bonds. The Morgan fingerprint density at radius 2 is 2.17 bits per heavy atom. The summed E-state index contributed by atoms with van der Waals surface area (Å²) in [5.74, 6) is 1.41. The van der Waals surface area contributed by atoms with E-state index >= 15 is 0 Å². The van der Waals surface area contributed by atoms with Crippen LogP contribution in [0.1, 0.15) is 17.8 Å². The van der Waals surface area contributed by atoms with Gasteiger partial charge in [0, 0.05) is 23.2 Å². The number of halogens is 1. The number of hydrogen-bond acceptors (Lipinski definition) is 5. The quantitative estimate of drug-likeness (QED) is 0.932. The summed E-state index contributed by atoms with van der Waals surface area (Å²) in [6.07, 6.45) is 1.85. The van der Waals surface area contributed by atoms with Crippen molar-refractivity contribution in [1.82, 2.24) is 4.98 Å². The third-order valence-corrected chi connectivity index (χ3v) is 3.98. The van der Waals surface area contributed by atoms with Crippen LogP contribution in [0.3, 0.4) is 0 Å². The van der Waals surface area contributed by atoms with Crippen LogP contribution >= 0.6 is 22.9 Å². The topological polar surface area (TPSA) is 43.4 Å². The Bertz CT molecular complexity index is 559. The molecule has 2 heterocycles. The van der Waals surface area contributed by atoms with Gasteiger partial charge in [0.05, 0.1) is 22.3 Å². The van der Waals surface area contributed by atoms with Gasteiger partial charge in [-0.15, -0.1) is 11.3 Å². The Balaban J connectivity index is 1.85. The molecule has 0 spiro atoms. The number of rotatable bonds is 3. The van der Waals surface area contributed by atoms with E-state index in [9.17, 15) is 0 Å². The molecule has 4 nitrogen and oxygen atoms in total. The van der Waals surface area contributed by atoms with E-state index in [1.807, 2.05) is 17.8 Å². The fourth-order valence-electron chi connectivity index (χ4n) is 1.77. The summed E-state index contributed by atoms with van der Waals surface area (Å²) in [4.78, 5) is 5.22. The number of nitrogens with zero attached hydrogens (tertiary/aromatic N) is 1. The van der Waals surface area contributed by atoms with Gasteiger partial charge in [0.2, 0.25) is 6.79 Å². The van der Waals surface area contributed by atoms with Crippen LogP contribution in [0.5, 0.6) is 11.5 Å². The summed E-state index contributed by atoms with van der Waals surface area (Å²) in [5, 5.41) is 3.97. The second-order valence-corrected chi connectivity index (χ2v) is 5.28. The molecule has 1 aromatic heterocycles. The normalized spacial score (nSPS) is 14.6. The number of nitrogens with one attached hydrogen (secondary N) is 1. The average molecular weight is 283 g/mol. The molecule has 1 aromatic carbocycles. The van der Waals surface area contributed by atoms with Gasteiger partial charge in [0.25, 0.3) is 0 Å². The van der Waals surface area contributed by atoms with E-state index < -0.39 is 0 Å². The fraction of sp³-hybridized carbons (Fsp3) is 0.250. The number of ether oxygens (including phenoxy) is 2. The van der Waals surface area contributed by atoms with Crippen molar-refractivity contribution in [2.75, 3.05) is 12.1 Å². The van der Waals surface area contributed by atoms with Crippen molar-refractivity contribution in [3.8, 4) is 11.5 Å². The number of hydrogen-bond donors (Lipinski definition) is 1. The fourth-order valence-corrected chi connectivity index (χ4v) is 2.61. The van der Waals surface area contributed by atoms with Gasteiger partial charge in [-0.2, -0.15) is 0 Å². The van der Waals surface area contributed by atoms with Gasteiger partial charge in [-0.25, -0.2) is 0 Å². The number of benzene rings is 1. The van der Waals surface area contributed by atoms with Gasteiger partial charge in [-0.3, -0.25) is 4.98 Å². The zero-order valence-corrected chi connectivity index (χ0v) is 11.2. The summed E-state index contributed by atoms with van der Waals surface area (Å²) in [6.45, 7) is 2.31. The molecule has 3 rings (SSSR count). The Morgan fingerprint density at radius 3 is 2.89 bits per heavy atom. The molecule has 1 atom stereocenters. The van der Waals surface area contributed by atoms with Crippen molar-refractivity contribution >= 4 is 28.6 Å². The van der Waals surface area contributed by atoms with Crippen LogP contribution in [0.15, 0.2) is 23.8 Å². The van der Waals surface area contributed by atoms with E-state index in [0.29, 0.717) is 10.8 Å². The zero-order valence-electron chi connectivity index (χ0n) is 9.64. The molecule has 0 saturated heterocycles. The lowest BCUT2D eigenvalue weighted by atomic mass is 10.2. The molecule has 1 aliphatic rings. The van der Waals surface area contributed by atoms with Crippen LogP contribution in [0.2, 0.25) is 5.02 Å². The Hall–Kier alpha value is -1.46. The van der Waals surface area contributed by atoms with E-state index in [1.165, 1.54) is 0 Å². The molecule has 18 heavy (non-hydrogen) atoms. The van der Waals surface area contributed by atoms with Crippen molar-refractivity contribution in [2.45, 2.75) is 13.0 Å². The Kier molecular flexibility index (Phi) is 3.01. The van der Waals surface area contributed by atoms with Crippen LogP contribution in [0, 0.1) is 0 Å². The first kappa shape index (κ1) is 11.6. The molecule has 0 fully saturated rings. The summed E-state index contributed by atoms with van der Waals surface area (Å²) in [6, 6.07) is 3.78. The molecule has 1 aliphatic heterocycles. The van der Waals surface area contributed by atoms with Crippen molar-refractivity contribution in [3.05, 3.63) is 33.7 Å². The lowest BCUT2D eigenvalue weighted by molar-refractivity contribution is 0.174. The monoisotopic (exact) mass is 282 g/mol. The maximum atomic E-state index is 6.20. The van der Waals surface area contributed by atoms with Gasteiger partial charge in [-0.1, -0.05) is 11.6 Å². The number of anilines is 1. The molecule has 94 valence electrons. The number of thiazole rings is 1. The minimum atomic E-state index is 0.148. The van der Waals surface area contributed by atoms with Crippen LogP contribution in [-0.4, -0.2) is 11.8 Å². The highest BCUT2D eigenvalue weighted by Gasteiger charge is 2.18. The minimum absolute atomic E-state index is 0.148. The summed E-state index contributed by atoms with van der Waals surface area (Å²) < 4.78 is 10.6. The van der Waals surface area contributed by atoms with Crippen LogP contribution in [-0.2, 0) is 0 Å². The lowest BCUT2D eigenvalue weighted by Crippen LogP contribution is -2.05. The zero-order chi connectivity index (χ0) is 12.5. The highest BCUT2D eigenvalue weighted by molar-refractivity contribution is 7.09. The summed E-state index contributed by atoms with van der Waals surface area (Å²) in [7, 11) is 0. The molecule has 0 bridgehead atoms. The first-order valence-electron chi connectivity index (χ1n) is 5.48. The smallest absolute Gasteiger partial charge is 0.231 e. The summed E-state index contributed by atoms with van der Waals surface area (Å²) in [5.41, 5.74) is 2.65. The predicted molar refractivity (Wildman–Crippen MR) is 71.7 cm³/mol. The Labute approximate surface area is 114 Å². The first-order valence-corrected chi connectivity index (χ1v) is 6.74.